The Morgan fingerprint density at radius 2 is 1.83 bits per heavy atom. The van der Waals surface area contributed by atoms with Gasteiger partial charge in [-0.1, -0.05) is 44.9 Å². The molecule has 0 spiro atoms. The van der Waals surface area contributed by atoms with Crippen LogP contribution in [0.4, 0.5) is 0 Å². The number of nitrogens with zero attached hydrogens (tertiary/aromatic N) is 2. The quantitative estimate of drug-likeness (QED) is 0.813. The number of H-pyrrole nitrogens is 1. The van der Waals surface area contributed by atoms with Gasteiger partial charge in [0.1, 0.15) is 5.69 Å². The SMILES string of the molecule is CC1CCCC(NC(=O)C(C)N2CCN(C(=O)c3cc4ccccc4[nH]3)CC2)C1C. The summed E-state index contributed by atoms with van der Waals surface area (Å²) >= 11 is 0. The first kappa shape index (κ1) is 20.9. The average molecular weight is 411 g/mol. The van der Waals surface area contributed by atoms with Crippen LogP contribution in [0.3, 0.4) is 0 Å². The molecular formula is C24H34N4O2. The molecule has 1 aromatic heterocycles. The normalized spacial score (nSPS) is 26.5. The Labute approximate surface area is 179 Å². The summed E-state index contributed by atoms with van der Waals surface area (Å²) in [5, 5.41) is 4.36. The molecule has 4 atom stereocenters. The van der Waals surface area contributed by atoms with E-state index in [-0.39, 0.29) is 23.9 Å². The number of piperazine rings is 1. The Morgan fingerprint density at radius 1 is 1.10 bits per heavy atom. The maximum Gasteiger partial charge on any atom is 0.270 e. The average Bonchev–Trinajstić information content (AvgIpc) is 3.20. The fraction of sp³-hybridized carbons (Fsp3) is 0.583. The van der Waals surface area contributed by atoms with Gasteiger partial charge in [0.25, 0.3) is 5.91 Å². The number of aromatic nitrogens is 1. The summed E-state index contributed by atoms with van der Waals surface area (Å²) in [7, 11) is 0. The number of carbonyl (C=O) groups is 2. The van der Waals surface area contributed by atoms with Gasteiger partial charge in [-0.05, 0) is 37.3 Å². The molecular weight excluding hydrogens is 376 g/mol. The van der Waals surface area contributed by atoms with Crippen molar-refractivity contribution in [2.24, 2.45) is 11.8 Å². The number of hydrogen-bond acceptors (Lipinski definition) is 3. The third-order valence-electron chi connectivity index (χ3n) is 7.32. The van der Waals surface area contributed by atoms with Crippen molar-refractivity contribution < 1.29 is 9.59 Å². The van der Waals surface area contributed by atoms with Gasteiger partial charge in [-0.3, -0.25) is 14.5 Å². The molecule has 30 heavy (non-hydrogen) atoms. The molecule has 4 unspecified atom stereocenters. The molecule has 2 heterocycles. The molecule has 1 aliphatic carbocycles. The van der Waals surface area contributed by atoms with Gasteiger partial charge in [-0.2, -0.15) is 0 Å². The molecule has 0 radical (unpaired) electrons. The molecule has 1 saturated heterocycles. The van der Waals surface area contributed by atoms with Gasteiger partial charge < -0.3 is 15.2 Å². The van der Waals surface area contributed by atoms with Crippen molar-refractivity contribution in [3.05, 3.63) is 36.0 Å². The zero-order valence-electron chi connectivity index (χ0n) is 18.4. The van der Waals surface area contributed by atoms with Gasteiger partial charge in [0, 0.05) is 43.1 Å². The van der Waals surface area contributed by atoms with Crippen molar-refractivity contribution in [2.75, 3.05) is 26.2 Å². The highest BCUT2D eigenvalue weighted by Gasteiger charge is 2.32. The van der Waals surface area contributed by atoms with Crippen LogP contribution >= 0.6 is 0 Å². The molecule has 2 fully saturated rings. The van der Waals surface area contributed by atoms with Crippen LogP contribution in [0.25, 0.3) is 10.9 Å². The summed E-state index contributed by atoms with van der Waals surface area (Å²) in [6, 6.07) is 9.98. The van der Waals surface area contributed by atoms with E-state index in [1.54, 1.807) is 0 Å². The molecule has 0 bridgehead atoms. The number of carbonyl (C=O) groups excluding carboxylic acids is 2. The van der Waals surface area contributed by atoms with Crippen LogP contribution in [0.5, 0.6) is 0 Å². The van der Waals surface area contributed by atoms with Crippen molar-refractivity contribution >= 4 is 22.7 Å². The molecule has 2 aliphatic rings. The molecule has 1 aliphatic heterocycles. The Morgan fingerprint density at radius 3 is 2.57 bits per heavy atom. The number of nitrogens with one attached hydrogen (secondary N) is 2. The van der Waals surface area contributed by atoms with E-state index in [1.165, 1.54) is 12.8 Å². The van der Waals surface area contributed by atoms with E-state index in [1.807, 2.05) is 42.2 Å². The van der Waals surface area contributed by atoms with Gasteiger partial charge in [0.15, 0.2) is 0 Å². The van der Waals surface area contributed by atoms with E-state index in [9.17, 15) is 9.59 Å². The summed E-state index contributed by atoms with van der Waals surface area (Å²) in [6.45, 7) is 9.25. The van der Waals surface area contributed by atoms with Gasteiger partial charge in [-0.15, -0.1) is 0 Å². The second kappa shape index (κ2) is 8.80. The first-order valence-corrected chi connectivity index (χ1v) is 11.4. The van der Waals surface area contributed by atoms with Crippen molar-refractivity contribution in [3.8, 4) is 0 Å². The summed E-state index contributed by atoms with van der Waals surface area (Å²) in [5.41, 5.74) is 1.62. The smallest absolute Gasteiger partial charge is 0.270 e. The zero-order valence-corrected chi connectivity index (χ0v) is 18.4. The molecule has 1 aromatic carbocycles. The highest BCUT2D eigenvalue weighted by molar-refractivity contribution is 5.98. The Bertz CT molecular complexity index is 866. The van der Waals surface area contributed by atoms with Gasteiger partial charge >= 0.3 is 0 Å². The van der Waals surface area contributed by atoms with Crippen LogP contribution < -0.4 is 5.32 Å². The third kappa shape index (κ3) is 4.24. The first-order valence-electron chi connectivity index (χ1n) is 11.4. The summed E-state index contributed by atoms with van der Waals surface area (Å²) < 4.78 is 0. The predicted molar refractivity (Wildman–Crippen MR) is 119 cm³/mol. The maximum absolute atomic E-state index is 12.9. The number of benzene rings is 1. The van der Waals surface area contributed by atoms with Crippen LogP contribution in [0.15, 0.2) is 30.3 Å². The zero-order chi connectivity index (χ0) is 21.3. The standard InChI is InChI=1S/C24H34N4O2/c1-16-7-6-10-20(17(16)2)26-23(29)18(3)27-11-13-28(14-12-27)24(30)22-15-19-8-4-5-9-21(19)25-22/h4-5,8-9,15-18,20,25H,6-7,10-14H2,1-3H3,(H,26,29). The lowest BCUT2D eigenvalue weighted by atomic mass is 9.78. The lowest BCUT2D eigenvalue weighted by Crippen LogP contribution is -2.56. The largest absolute Gasteiger partial charge is 0.352 e. The number of hydrogen-bond donors (Lipinski definition) is 2. The van der Waals surface area contributed by atoms with Crippen LogP contribution in [-0.4, -0.2) is 64.9 Å². The maximum atomic E-state index is 12.9. The first-order chi connectivity index (χ1) is 14.4. The van der Waals surface area contributed by atoms with Gasteiger partial charge in [0.2, 0.25) is 5.91 Å². The Kier molecular flexibility index (Phi) is 6.14. The molecule has 6 heteroatoms. The van der Waals surface area contributed by atoms with E-state index in [2.05, 4.69) is 29.0 Å². The lowest BCUT2D eigenvalue weighted by molar-refractivity contribution is -0.127. The number of para-hydroxylation sites is 1. The number of rotatable bonds is 4. The number of aromatic amines is 1. The summed E-state index contributed by atoms with van der Waals surface area (Å²) in [4.78, 5) is 33.1. The van der Waals surface area contributed by atoms with Gasteiger partial charge in [-0.25, -0.2) is 0 Å². The minimum absolute atomic E-state index is 0.0352. The van der Waals surface area contributed by atoms with E-state index >= 15 is 0 Å². The predicted octanol–water partition coefficient (Wildman–Crippen LogP) is 3.26. The fourth-order valence-corrected chi connectivity index (χ4v) is 4.93. The molecule has 2 N–H and O–H groups in total. The molecule has 162 valence electrons. The minimum atomic E-state index is -0.167. The van der Waals surface area contributed by atoms with Crippen molar-refractivity contribution in [2.45, 2.75) is 52.1 Å². The van der Waals surface area contributed by atoms with Crippen molar-refractivity contribution in [3.63, 3.8) is 0 Å². The van der Waals surface area contributed by atoms with Crippen LogP contribution in [-0.2, 0) is 4.79 Å². The Balaban J connectivity index is 1.31. The molecule has 2 amide bonds. The number of amides is 2. The van der Waals surface area contributed by atoms with Crippen LogP contribution in [0.2, 0.25) is 0 Å². The highest BCUT2D eigenvalue weighted by Crippen LogP contribution is 2.29. The monoisotopic (exact) mass is 410 g/mol. The van der Waals surface area contributed by atoms with Crippen molar-refractivity contribution in [1.29, 1.82) is 0 Å². The van der Waals surface area contributed by atoms with E-state index < -0.39 is 0 Å². The molecule has 6 nitrogen and oxygen atoms in total. The molecule has 4 rings (SSSR count). The van der Waals surface area contributed by atoms with Gasteiger partial charge in [0.05, 0.1) is 6.04 Å². The van der Waals surface area contributed by atoms with Crippen molar-refractivity contribution in [1.82, 2.24) is 20.1 Å². The lowest BCUT2D eigenvalue weighted by Gasteiger charge is -2.39. The van der Waals surface area contributed by atoms with Crippen LogP contribution in [0.1, 0.15) is 50.5 Å². The Hall–Kier alpha value is -2.34. The summed E-state index contributed by atoms with van der Waals surface area (Å²) in [5.74, 6) is 1.35. The third-order valence-corrected chi connectivity index (χ3v) is 7.32. The topological polar surface area (TPSA) is 68.4 Å². The molecule has 2 aromatic rings. The minimum Gasteiger partial charge on any atom is -0.352 e. The molecule has 1 saturated carbocycles. The fourth-order valence-electron chi connectivity index (χ4n) is 4.93. The van der Waals surface area contributed by atoms with E-state index in [0.29, 0.717) is 30.6 Å². The second-order valence-corrected chi connectivity index (χ2v) is 9.16. The van der Waals surface area contributed by atoms with E-state index in [4.69, 9.17) is 0 Å². The number of fused-ring (bicyclic) bond motifs is 1. The highest BCUT2D eigenvalue weighted by atomic mass is 16.2. The second-order valence-electron chi connectivity index (χ2n) is 9.16. The van der Waals surface area contributed by atoms with Crippen LogP contribution in [0, 0.1) is 11.8 Å². The summed E-state index contributed by atoms with van der Waals surface area (Å²) in [6.07, 6.45) is 3.53. The van der Waals surface area contributed by atoms with E-state index in [0.717, 1.165) is 30.4 Å².